The van der Waals surface area contributed by atoms with Gasteiger partial charge in [0.15, 0.2) is 20.2 Å². The van der Waals surface area contributed by atoms with Crippen LogP contribution in [-0.4, -0.2) is 41.2 Å². The summed E-state index contributed by atoms with van der Waals surface area (Å²) in [5, 5.41) is 2.07. The number of hydrogen-bond acceptors (Lipinski definition) is 4. The number of carbonyl (C=O) groups is 1. The lowest BCUT2D eigenvalue weighted by atomic mass is 10.0. The van der Waals surface area contributed by atoms with E-state index in [2.05, 4.69) is 84.8 Å². The van der Waals surface area contributed by atoms with Gasteiger partial charge in [-0.15, -0.1) is 6.42 Å². The van der Waals surface area contributed by atoms with E-state index in [4.69, 9.17) is 20.0 Å². The van der Waals surface area contributed by atoms with Crippen molar-refractivity contribution >= 4 is 32.8 Å². The van der Waals surface area contributed by atoms with E-state index in [0.717, 1.165) is 22.4 Å². The molecule has 0 bridgehead atoms. The third-order valence-electron chi connectivity index (χ3n) is 8.84. The lowest BCUT2D eigenvalue weighted by Gasteiger charge is -2.45. The molecule has 0 radical (unpaired) electrons. The Morgan fingerprint density at radius 2 is 1.27 bits per heavy atom. The van der Waals surface area contributed by atoms with Gasteiger partial charge in [0, 0.05) is 13.0 Å². The van der Waals surface area contributed by atoms with Crippen molar-refractivity contribution in [3.05, 3.63) is 96.6 Å². The van der Waals surface area contributed by atoms with Gasteiger partial charge in [-0.05, 0) is 51.9 Å². The Balaban J connectivity index is 1.92. The highest BCUT2D eigenvalue weighted by molar-refractivity contribution is 6.99. The van der Waals surface area contributed by atoms with Crippen LogP contribution < -0.4 is 10.4 Å². The Morgan fingerprint density at radius 3 is 1.73 bits per heavy atom. The van der Waals surface area contributed by atoms with Crippen molar-refractivity contribution in [1.29, 1.82) is 0 Å². The molecule has 3 rings (SSSR count). The first-order chi connectivity index (χ1) is 20.7. The number of Topliss-reactive ketones (excluding diaryl/α,β-unsaturated/α-hetero) is 1. The van der Waals surface area contributed by atoms with Crippen molar-refractivity contribution in [3.63, 3.8) is 0 Å². The van der Waals surface area contributed by atoms with Gasteiger partial charge in [-0.2, -0.15) is 0 Å². The molecule has 0 aliphatic carbocycles. The summed E-state index contributed by atoms with van der Waals surface area (Å²) in [6.07, 6.45) is 6.35. The van der Waals surface area contributed by atoms with Crippen molar-refractivity contribution in [2.45, 2.75) is 103 Å². The summed E-state index contributed by atoms with van der Waals surface area (Å²) in [6, 6.07) is 30.6. The van der Waals surface area contributed by atoms with E-state index >= 15 is 0 Å². The van der Waals surface area contributed by atoms with Gasteiger partial charge in [0.1, 0.15) is 6.10 Å². The number of carbonyl (C=O) groups excluding carboxylic acids is 1. The first-order valence-corrected chi connectivity index (χ1v) is 20.6. The van der Waals surface area contributed by atoms with Gasteiger partial charge < -0.3 is 13.6 Å². The minimum atomic E-state index is -3.02. The summed E-state index contributed by atoms with van der Waals surface area (Å²) in [7, 11) is -4.86. The minimum Gasteiger partial charge on any atom is -0.417 e. The summed E-state index contributed by atoms with van der Waals surface area (Å²) in [5.74, 6) is 2.84. The predicted molar refractivity (Wildman–Crippen MR) is 188 cm³/mol. The number of terminal acetylenes is 1. The van der Waals surface area contributed by atoms with Crippen LogP contribution in [0, 0.1) is 12.3 Å². The number of ether oxygens (including phenoxy) is 1. The average molecular weight is 629 g/mol. The molecular weight excluding hydrogens is 577 g/mol. The highest BCUT2D eigenvalue weighted by atomic mass is 28.4. The molecule has 0 saturated heterocycles. The van der Waals surface area contributed by atoms with Crippen molar-refractivity contribution in [2.24, 2.45) is 0 Å². The van der Waals surface area contributed by atoms with Crippen LogP contribution in [0.5, 0.6) is 0 Å². The minimum absolute atomic E-state index is 0.0332. The van der Waals surface area contributed by atoms with Crippen molar-refractivity contribution in [3.8, 4) is 12.3 Å². The molecule has 2 atom stereocenters. The molecular formula is C38H52O4Si2. The third-order valence-corrected chi connectivity index (χ3v) is 18.4. The van der Waals surface area contributed by atoms with E-state index < -0.39 is 28.8 Å². The second kappa shape index (κ2) is 15.5. The van der Waals surface area contributed by atoms with Gasteiger partial charge >= 0.3 is 0 Å². The first kappa shape index (κ1) is 35.7. The van der Waals surface area contributed by atoms with Crippen LogP contribution in [0.4, 0.5) is 0 Å². The molecule has 236 valence electrons. The zero-order valence-corrected chi connectivity index (χ0v) is 30.1. The van der Waals surface area contributed by atoms with Crippen LogP contribution >= 0.6 is 0 Å². The summed E-state index contributed by atoms with van der Waals surface area (Å²) >= 11 is 0. The fraction of sp³-hybridized carbons (Fsp3) is 0.447. The molecule has 0 unspecified atom stereocenters. The fourth-order valence-electron chi connectivity index (χ4n) is 5.26. The van der Waals surface area contributed by atoms with Crippen molar-refractivity contribution in [1.82, 2.24) is 0 Å². The molecule has 6 heteroatoms. The Morgan fingerprint density at radius 1 is 0.773 bits per heavy atom. The zero-order valence-electron chi connectivity index (χ0n) is 28.1. The molecule has 0 aliphatic rings. The maximum absolute atomic E-state index is 14.0. The second-order valence-electron chi connectivity index (χ2n) is 14.1. The Kier molecular flexibility index (Phi) is 12.5. The topological polar surface area (TPSA) is 44.8 Å². The summed E-state index contributed by atoms with van der Waals surface area (Å²) in [6.45, 7) is 18.8. The van der Waals surface area contributed by atoms with Gasteiger partial charge in [-0.25, -0.2) is 0 Å². The largest absolute Gasteiger partial charge is 0.417 e. The Hall–Kier alpha value is -2.80. The molecule has 0 saturated carbocycles. The third kappa shape index (κ3) is 8.90. The van der Waals surface area contributed by atoms with E-state index in [9.17, 15) is 4.79 Å². The maximum atomic E-state index is 14.0. The molecule has 0 spiro atoms. The SMILES string of the molecule is C#C[C@H](O[Si](c1ccccc1)(c1ccccc1)C(C)(C)C)[C@@H](OCc1ccccc1)C(=O)CCCCO[Si](C)(C)C(C)(C)C. The zero-order chi connectivity index (χ0) is 32.4. The molecule has 0 amide bonds. The molecule has 3 aromatic rings. The monoisotopic (exact) mass is 628 g/mol. The molecule has 0 fully saturated rings. The van der Waals surface area contributed by atoms with Crippen LogP contribution in [0.1, 0.15) is 66.4 Å². The van der Waals surface area contributed by atoms with E-state index in [1.165, 1.54) is 0 Å². The van der Waals surface area contributed by atoms with Crippen molar-refractivity contribution < 1.29 is 18.4 Å². The summed E-state index contributed by atoms with van der Waals surface area (Å²) in [5.41, 5.74) is 0.981. The lowest BCUT2D eigenvalue weighted by Crippen LogP contribution is -2.68. The molecule has 44 heavy (non-hydrogen) atoms. The van der Waals surface area contributed by atoms with E-state index in [-0.39, 0.29) is 22.5 Å². The molecule has 3 aromatic carbocycles. The van der Waals surface area contributed by atoms with Crippen LogP contribution in [0.3, 0.4) is 0 Å². The molecule has 0 aromatic heterocycles. The molecule has 0 heterocycles. The lowest BCUT2D eigenvalue weighted by molar-refractivity contribution is -0.136. The Bertz CT molecular complexity index is 1300. The van der Waals surface area contributed by atoms with Crippen molar-refractivity contribution in [2.75, 3.05) is 6.61 Å². The standard InChI is InChI=1S/C38H52O4Si2/c1-10-35(42-44(38(5,6)7,32-24-16-12-17-25-32)33-26-18-13-19-27-33)36(40-30-31-22-14-11-15-23-31)34(39)28-20-21-29-41-43(8,9)37(2,3)4/h1,11-19,22-27,35-36H,20-21,28-30H2,2-9H3/t35-,36-/m0/s1. The smallest absolute Gasteiger partial charge is 0.262 e. The van der Waals surface area contributed by atoms with Gasteiger partial charge in [0.05, 0.1) is 6.61 Å². The van der Waals surface area contributed by atoms with Crippen LogP contribution in [-0.2, 0) is 25.0 Å². The fourth-order valence-corrected chi connectivity index (χ4v) is 10.9. The van der Waals surface area contributed by atoms with Crippen LogP contribution in [0.15, 0.2) is 91.0 Å². The summed E-state index contributed by atoms with van der Waals surface area (Å²) < 4.78 is 20.0. The van der Waals surface area contributed by atoms with Gasteiger partial charge in [0.2, 0.25) is 0 Å². The normalized spacial score (nSPS) is 14.1. The number of ketones is 1. The van der Waals surface area contributed by atoms with Crippen LogP contribution in [0.2, 0.25) is 23.2 Å². The molecule has 4 nitrogen and oxygen atoms in total. The number of unbranched alkanes of at least 4 members (excludes halogenated alkanes) is 1. The van der Waals surface area contributed by atoms with E-state index in [1.807, 2.05) is 66.7 Å². The number of rotatable bonds is 15. The van der Waals surface area contributed by atoms with Gasteiger partial charge in [-0.3, -0.25) is 4.79 Å². The predicted octanol–water partition coefficient (Wildman–Crippen LogP) is 7.91. The number of benzene rings is 3. The second-order valence-corrected chi connectivity index (χ2v) is 23.2. The first-order valence-electron chi connectivity index (χ1n) is 15.8. The summed E-state index contributed by atoms with van der Waals surface area (Å²) in [4.78, 5) is 14.0. The average Bonchev–Trinajstić information content (AvgIpc) is 2.98. The van der Waals surface area contributed by atoms with Crippen LogP contribution in [0.25, 0.3) is 0 Å². The van der Waals surface area contributed by atoms with Gasteiger partial charge in [0.25, 0.3) is 8.32 Å². The quantitative estimate of drug-likeness (QED) is 0.0975. The highest BCUT2D eigenvalue weighted by Crippen LogP contribution is 2.38. The molecule has 0 N–H and O–H groups in total. The van der Waals surface area contributed by atoms with E-state index in [0.29, 0.717) is 19.4 Å². The Labute approximate surface area is 268 Å². The highest BCUT2D eigenvalue weighted by Gasteiger charge is 2.52. The number of hydrogen-bond donors (Lipinski definition) is 0. The van der Waals surface area contributed by atoms with Gasteiger partial charge in [-0.1, -0.05) is 138 Å². The maximum Gasteiger partial charge on any atom is 0.262 e. The molecule has 0 aliphatic heterocycles. The van der Waals surface area contributed by atoms with E-state index in [1.54, 1.807) is 0 Å².